The van der Waals surface area contributed by atoms with Gasteiger partial charge >= 0.3 is 6.03 Å². The second-order valence-corrected chi connectivity index (χ2v) is 6.02. The molecule has 0 aliphatic carbocycles. The van der Waals surface area contributed by atoms with Crippen LogP contribution in [0.1, 0.15) is 18.1 Å². The highest BCUT2D eigenvalue weighted by Gasteiger charge is 2.48. The van der Waals surface area contributed by atoms with E-state index in [0.29, 0.717) is 16.1 Å². The first kappa shape index (κ1) is 15.5. The van der Waals surface area contributed by atoms with Gasteiger partial charge in [-0.3, -0.25) is 9.69 Å². The molecule has 1 N–H and O–H groups in total. The van der Waals surface area contributed by atoms with Gasteiger partial charge < -0.3 is 5.32 Å². The fraction of sp³-hybridized carbons (Fsp3) is 0.176. The highest BCUT2D eigenvalue weighted by atomic mass is 35.5. The van der Waals surface area contributed by atoms with Crippen molar-refractivity contribution in [2.24, 2.45) is 0 Å². The van der Waals surface area contributed by atoms with E-state index in [9.17, 15) is 14.0 Å². The second-order valence-electron chi connectivity index (χ2n) is 5.58. The molecule has 23 heavy (non-hydrogen) atoms. The van der Waals surface area contributed by atoms with Crippen molar-refractivity contribution in [1.29, 1.82) is 0 Å². The van der Waals surface area contributed by atoms with E-state index in [1.807, 2.05) is 0 Å². The van der Waals surface area contributed by atoms with Gasteiger partial charge in [0.2, 0.25) is 0 Å². The summed E-state index contributed by atoms with van der Waals surface area (Å²) in [6.07, 6.45) is 0. The van der Waals surface area contributed by atoms with Gasteiger partial charge in [-0.1, -0.05) is 35.9 Å². The van der Waals surface area contributed by atoms with Crippen molar-refractivity contribution in [3.8, 4) is 0 Å². The lowest BCUT2D eigenvalue weighted by Gasteiger charge is -2.22. The Labute approximate surface area is 137 Å². The molecule has 3 rings (SSSR count). The molecule has 1 aliphatic rings. The summed E-state index contributed by atoms with van der Waals surface area (Å²) < 4.78 is 13.3. The standard InChI is InChI=1S/C17H14ClFN2O2/c1-17(12-5-7-13(18)8-6-12)15(22)21(16(23)20-17)10-11-3-2-4-14(19)9-11/h2-9H,10H2,1H3,(H,20,23). The van der Waals surface area contributed by atoms with Gasteiger partial charge in [-0.25, -0.2) is 9.18 Å². The zero-order chi connectivity index (χ0) is 16.6. The van der Waals surface area contributed by atoms with Gasteiger partial charge in [0, 0.05) is 5.02 Å². The van der Waals surface area contributed by atoms with Crippen LogP contribution in [-0.2, 0) is 16.9 Å². The summed E-state index contributed by atoms with van der Waals surface area (Å²) in [6.45, 7) is 1.66. The van der Waals surface area contributed by atoms with Crippen molar-refractivity contribution in [3.63, 3.8) is 0 Å². The molecule has 1 unspecified atom stereocenters. The van der Waals surface area contributed by atoms with Crippen LogP contribution in [-0.4, -0.2) is 16.8 Å². The molecule has 0 aromatic heterocycles. The SMILES string of the molecule is CC1(c2ccc(Cl)cc2)NC(=O)N(Cc2cccc(F)c2)C1=O. The third kappa shape index (κ3) is 2.80. The second kappa shape index (κ2) is 5.66. The summed E-state index contributed by atoms with van der Waals surface area (Å²) in [4.78, 5) is 26.0. The number of amides is 3. The van der Waals surface area contributed by atoms with Crippen LogP contribution < -0.4 is 5.32 Å². The zero-order valence-electron chi connectivity index (χ0n) is 12.3. The van der Waals surface area contributed by atoms with E-state index >= 15 is 0 Å². The van der Waals surface area contributed by atoms with E-state index in [2.05, 4.69) is 5.32 Å². The van der Waals surface area contributed by atoms with Crippen LogP contribution in [0.3, 0.4) is 0 Å². The van der Waals surface area contributed by atoms with Gasteiger partial charge in [-0.05, 0) is 42.3 Å². The Balaban J connectivity index is 1.89. The number of halogens is 2. The fourth-order valence-corrected chi connectivity index (χ4v) is 2.76. The van der Waals surface area contributed by atoms with Gasteiger partial charge in [0.05, 0.1) is 6.54 Å². The third-order valence-corrected chi connectivity index (χ3v) is 4.18. The Kier molecular flexibility index (Phi) is 3.82. The van der Waals surface area contributed by atoms with Crippen LogP contribution in [0.2, 0.25) is 5.02 Å². The number of urea groups is 1. The summed E-state index contributed by atoms with van der Waals surface area (Å²) in [7, 11) is 0. The number of imide groups is 1. The Hall–Kier alpha value is -2.40. The van der Waals surface area contributed by atoms with Crippen molar-refractivity contribution >= 4 is 23.5 Å². The zero-order valence-corrected chi connectivity index (χ0v) is 13.1. The molecule has 1 fully saturated rings. The van der Waals surface area contributed by atoms with Crippen molar-refractivity contribution in [2.75, 3.05) is 0 Å². The van der Waals surface area contributed by atoms with Gasteiger partial charge in [0.25, 0.3) is 5.91 Å². The minimum Gasteiger partial charge on any atom is -0.319 e. The highest BCUT2D eigenvalue weighted by Crippen LogP contribution is 2.30. The van der Waals surface area contributed by atoms with E-state index in [1.54, 1.807) is 43.3 Å². The normalized spacial score (nSPS) is 20.7. The van der Waals surface area contributed by atoms with Gasteiger partial charge in [-0.2, -0.15) is 0 Å². The quantitative estimate of drug-likeness (QED) is 0.875. The molecule has 3 amide bonds. The largest absolute Gasteiger partial charge is 0.325 e. The maximum Gasteiger partial charge on any atom is 0.325 e. The molecule has 1 saturated heterocycles. The summed E-state index contributed by atoms with van der Waals surface area (Å²) in [6, 6.07) is 12.1. The lowest BCUT2D eigenvalue weighted by Crippen LogP contribution is -2.40. The molecular formula is C17H14ClFN2O2. The smallest absolute Gasteiger partial charge is 0.319 e. The predicted octanol–water partition coefficient (Wildman–Crippen LogP) is 3.45. The highest BCUT2D eigenvalue weighted by molar-refractivity contribution is 6.30. The Bertz CT molecular complexity index is 778. The maximum absolute atomic E-state index is 13.3. The number of hydrogen-bond acceptors (Lipinski definition) is 2. The molecule has 6 heteroatoms. The molecular weight excluding hydrogens is 319 g/mol. The number of benzene rings is 2. The molecule has 0 radical (unpaired) electrons. The lowest BCUT2D eigenvalue weighted by atomic mass is 9.92. The Morgan fingerprint density at radius 1 is 1.17 bits per heavy atom. The van der Waals surface area contributed by atoms with Gasteiger partial charge in [0.1, 0.15) is 11.4 Å². The molecule has 1 atom stereocenters. The van der Waals surface area contributed by atoms with E-state index in [-0.39, 0.29) is 12.5 Å². The number of hydrogen-bond donors (Lipinski definition) is 1. The lowest BCUT2D eigenvalue weighted by molar-refractivity contribution is -0.131. The van der Waals surface area contributed by atoms with Crippen molar-refractivity contribution < 1.29 is 14.0 Å². The molecule has 4 nitrogen and oxygen atoms in total. The van der Waals surface area contributed by atoms with Crippen LogP contribution in [0.4, 0.5) is 9.18 Å². The predicted molar refractivity (Wildman–Crippen MR) is 84.3 cm³/mol. The summed E-state index contributed by atoms with van der Waals surface area (Å²) >= 11 is 5.86. The Morgan fingerprint density at radius 2 is 1.87 bits per heavy atom. The van der Waals surface area contributed by atoms with Crippen molar-refractivity contribution in [2.45, 2.75) is 19.0 Å². The van der Waals surface area contributed by atoms with Crippen LogP contribution in [0.15, 0.2) is 48.5 Å². The molecule has 1 heterocycles. The van der Waals surface area contributed by atoms with E-state index in [1.165, 1.54) is 12.1 Å². The minimum atomic E-state index is -1.16. The number of nitrogens with one attached hydrogen (secondary N) is 1. The molecule has 2 aromatic carbocycles. The third-order valence-electron chi connectivity index (χ3n) is 3.93. The summed E-state index contributed by atoms with van der Waals surface area (Å²) in [5.74, 6) is -0.788. The molecule has 2 aromatic rings. The van der Waals surface area contributed by atoms with Gasteiger partial charge in [0.15, 0.2) is 0 Å². The molecule has 0 spiro atoms. The number of carbonyl (C=O) groups excluding carboxylic acids is 2. The maximum atomic E-state index is 13.3. The average Bonchev–Trinajstić information content (AvgIpc) is 2.72. The van der Waals surface area contributed by atoms with E-state index in [4.69, 9.17) is 11.6 Å². The monoisotopic (exact) mass is 332 g/mol. The van der Waals surface area contributed by atoms with Crippen LogP contribution in [0.25, 0.3) is 0 Å². The summed E-state index contributed by atoms with van der Waals surface area (Å²) in [5.41, 5.74) is 0.0329. The fourth-order valence-electron chi connectivity index (χ4n) is 2.64. The first-order valence-corrected chi connectivity index (χ1v) is 7.42. The van der Waals surface area contributed by atoms with E-state index < -0.39 is 17.4 Å². The number of rotatable bonds is 3. The molecule has 0 bridgehead atoms. The topological polar surface area (TPSA) is 49.4 Å². The van der Waals surface area contributed by atoms with Crippen LogP contribution >= 0.6 is 11.6 Å². The minimum absolute atomic E-state index is 0.0195. The van der Waals surface area contributed by atoms with Crippen LogP contribution in [0, 0.1) is 5.82 Å². The van der Waals surface area contributed by atoms with Crippen LogP contribution in [0.5, 0.6) is 0 Å². The first-order chi connectivity index (χ1) is 10.9. The molecule has 1 aliphatic heterocycles. The first-order valence-electron chi connectivity index (χ1n) is 7.05. The average molecular weight is 333 g/mol. The van der Waals surface area contributed by atoms with Gasteiger partial charge in [-0.15, -0.1) is 0 Å². The number of nitrogens with zero attached hydrogens (tertiary/aromatic N) is 1. The van der Waals surface area contributed by atoms with Crippen molar-refractivity contribution in [1.82, 2.24) is 10.2 Å². The van der Waals surface area contributed by atoms with E-state index in [0.717, 1.165) is 4.90 Å². The molecule has 0 saturated carbocycles. The Morgan fingerprint density at radius 3 is 2.52 bits per heavy atom. The molecule has 118 valence electrons. The number of carbonyl (C=O) groups is 2. The summed E-state index contributed by atoms with van der Waals surface area (Å²) in [5, 5.41) is 3.25. The van der Waals surface area contributed by atoms with Crippen molar-refractivity contribution in [3.05, 3.63) is 70.5 Å².